The maximum Gasteiger partial charge on any atom is 0.216 e. The molecule has 0 unspecified atom stereocenters. The molecule has 0 bridgehead atoms. The van der Waals surface area contributed by atoms with Gasteiger partial charge in [-0.3, -0.25) is 0 Å². The first kappa shape index (κ1) is 19.1. The Balaban J connectivity index is 1.45. The van der Waals surface area contributed by atoms with Crippen LogP contribution in [-0.4, -0.2) is 57.2 Å². The Morgan fingerprint density at radius 1 is 0.857 bits per heavy atom. The van der Waals surface area contributed by atoms with E-state index in [0.717, 1.165) is 31.9 Å². The molecule has 2 aliphatic rings. The fourth-order valence-corrected chi connectivity index (χ4v) is 5.16. The molecule has 2 aliphatic heterocycles. The lowest BCUT2D eigenvalue weighted by atomic mass is 10.1. The van der Waals surface area contributed by atoms with Crippen LogP contribution in [0.2, 0.25) is 0 Å². The Labute approximate surface area is 167 Å². The fourth-order valence-electron chi connectivity index (χ4n) is 3.89. The highest BCUT2D eigenvalue weighted by Crippen LogP contribution is 2.35. The first-order valence-electron chi connectivity index (χ1n) is 9.91. The molecule has 2 aromatic rings. The van der Waals surface area contributed by atoms with Crippen LogP contribution in [-0.2, 0) is 10.0 Å². The fraction of sp³-hybridized carbons (Fsp3) is 0.429. The lowest BCUT2D eigenvalue weighted by molar-refractivity contribution is 0.381. The molecule has 0 radical (unpaired) electrons. The van der Waals surface area contributed by atoms with Crippen LogP contribution < -0.4 is 15.1 Å². The van der Waals surface area contributed by atoms with Gasteiger partial charge in [0, 0.05) is 50.6 Å². The van der Waals surface area contributed by atoms with E-state index in [9.17, 15) is 8.42 Å². The van der Waals surface area contributed by atoms with Crippen molar-refractivity contribution in [1.82, 2.24) is 4.31 Å². The van der Waals surface area contributed by atoms with Crippen molar-refractivity contribution in [1.29, 1.82) is 0 Å². The molecule has 0 aromatic heterocycles. The number of sulfonamides is 1. The number of hydrogen-bond acceptors (Lipinski definition) is 5. The van der Waals surface area contributed by atoms with Crippen LogP contribution >= 0.6 is 0 Å². The van der Waals surface area contributed by atoms with Crippen molar-refractivity contribution in [2.45, 2.75) is 19.1 Å². The largest absolute Gasteiger partial charge is 0.382 e. The van der Waals surface area contributed by atoms with Gasteiger partial charge in [-0.15, -0.1) is 0 Å². The summed E-state index contributed by atoms with van der Waals surface area (Å²) >= 11 is 0. The van der Waals surface area contributed by atoms with Gasteiger partial charge in [-0.25, -0.2) is 8.42 Å². The van der Waals surface area contributed by atoms with Gasteiger partial charge >= 0.3 is 0 Å². The van der Waals surface area contributed by atoms with E-state index in [4.69, 9.17) is 0 Å². The van der Waals surface area contributed by atoms with Crippen molar-refractivity contribution in [3.63, 3.8) is 0 Å². The third-order valence-electron chi connectivity index (χ3n) is 5.57. The second kappa shape index (κ2) is 7.64. The van der Waals surface area contributed by atoms with Crippen molar-refractivity contribution >= 4 is 32.8 Å². The summed E-state index contributed by atoms with van der Waals surface area (Å²) in [6.45, 7) is 7.89. The number of rotatable bonds is 4. The zero-order valence-corrected chi connectivity index (χ0v) is 17.3. The van der Waals surface area contributed by atoms with Crippen molar-refractivity contribution in [3.8, 4) is 0 Å². The van der Waals surface area contributed by atoms with Crippen LogP contribution in [0.5, 0.6) is 0 Å². The third-order valence-corrected chi connectivity index (χ3v) is 7.84. The smallest absolute Gasteiger partial charge is 0.216 e. The first-order chi connectivity index (χ1) is 13.5. The molecule has 0 aliphatic carbocycles. The van der Waals surface area contributed by atoms with Crippen molar-refractivity contribution in [3.05, 3.63) is 48.5 Å². The van der Waals surface area contributed by atoms with E-state index in [2.05, 4.69) is 63.6 Å². The Kier molecular flexibility index (Phi) is 5.21. The molecule has 7 heteroatoms. The molecule has 0 atom stereocenters. The van der Waals surface area contributed by atoms with Gasteiger partial charge in [0.05, 0.1) is 16.6 Å². The Morgan fingerprint density at radius 2 is 1.50 bits per heavy atom. The molecule has 2 heterocycles. The molecule has 1 fully saturated rings. The minimum Gasteiger partial charge on any atom is -0.382 e. The normalized spacial score (nSPS) is 18.1. The zero-order valence-electron chi connectivity index (χ0n) is 16.5. The standard InChI is InChI=1S/C21H28N4O2S/c1-17(2)28(26,27)24-15-13-23(14-16-24)18-7-9-19(10-8-18)25-12-11-22-20-5-3-4-6-21(20)25/h3-10,17,22H,11-16H2,1-2H3. The van der Waals surface area contributed by atoms with E-state index in [1.165, 1.54) is 17.1 Å². The molecule has 1 saturated heterocycles. The molecular formula is C21H28N4O2S. The minimum atomic E-state index is -3.16. The highest BCUT2D eigenvalue weighted by molar-refractivity contribution is 7.89. The number of nitrogens with zero attached hydrogens (tertiary/aromatic N) is 3. The van der Waals surface area contributed by atoms with Gasteiger partial charge in [-0.05, 0) is 50.2 Å². The highest BCUT2D eigenvalue weighted by Gasteiger charge is 2.29. The SMILES string of the molecule is CC(C)S(=O)(=O)N1CCN(c2ccc(N3CCNc4ccccc43)cc2)CC1. The Bertz CT molecular complexity index is 920. The lowest BCUT2D eigenvalue weighted by Crippen LogP contribution is -2.50. The van der Waals surface area contributed by atoms with E-state index < -0.39 is 10.0 Å². The Hall–Kier alpha value is -2.25. The topological polar surface area (TPSA) is 55.9 Å². The summed E-state index contributed by atoms with van der Waals surface area (Å²) in [7, 11) is -3.16. The third kappa shape index (κ3) is 3.56. The minimum absolute atomic E-state index is 0.361. The molecule has 0 spiro atoms. The van der Waals surface area contributed by atoms with Crippen LogP contribution in [0.15, 0.2) is 48.5 Å². The van der Waals surface area contributed by atoms with Crippen LogP contribution in [0, 0.1) is 0 Å². The maximum absolute atomic E-state index is 12.3. The second-order valence-corrected chi connectivity index (χ2v) is 10.1. The van der Waals surface area contributed by atoms with E-state index in [1.807, 2.05) is 0 Å². The van der Waals surface area contributed by atoms with Gasteiger partial charge in [0.25, 0.3) is 0 Å². The predicted octanol–water partition coefficient (Wildman–Crippen LogP) is 3.11. The molecule has 2 aromatic carbocycles. The summed E-state index contributed by atoms with van der Waals surface area (Å²) in [4.78, 5) is 4.60. The summed E-state index contributed by atoms with van der Waals surface area (Å²) in [5.41, 5.74) is 4.70. The number of piperazine rings is 1. The van der Waals surface area contributed by atoms with E-state index >= 15 is 0 Å². The van der Waals surface area contributed by atoms with Crippen molar-refractivity contribution in [2.24, 2.45) is 0 Å². The summed E-state index contributed by atoms with van der Waals surface area (Å²) in [6, 6.07) is 17.0. The highest BCUT2D eigenvalue weighted by atomic mass is 32.2. The maximum atomic E-state index is 12.3. The molecule has 4 rings (SSSR count). The number of fused-ring (bicyclic) bond motifs is 1. The molecular weight excluding hydrogens is 372 g/mol. The lowest BCUT2D eigenvalue weighted by Gasteiger charge is -2.36. The first-order valence-corrected chi connectivity index (χ1v) is 11.4. The number of para-hydroxylation sites is 2. The van der Waals surface area contributed by atoms with Crippen LogP contribution in [0.25, 0.3) is 0 Å². The van der Waals surface area contributed by atoms with Gasteiger partial charge in [0.2, 0.25) is 10.0 Å². The number of nitrogens with one attached hydrogen (secondary N) is 1. The van der Waals surface area contributed by atoms with Gasteiger partial charge in [-0.1, -0.05) is 12.1 Å². The van der Waals surface area contributed by atoms with Crippen molar-refractivity contribution < 1.29 is 8.42 Å². The summed E-state index contributed by atoms with van der Waals surface area (Å²) in [6.07, 6.45) is 0. The number of benzene rings is 2. The van der Waals surface area contributed by atoms with E-state index in [-0.39, 0.29) is 5.25 Å². The van der Waals surface area contributed by atoms with Crippen LogP contribution in [0.1, 0.15) is 13.8 Å². The van der Waals surface area contributed by atoms with Gasteiger partial charge in [0.15, 0.2) is 0 Å². The second-order valence-electron chi connectivity index (χ2n) is 7.59. The summed E-state index contributed by atoms with van der Waals surface area (Å²) < 4.78 is 26.3. The number of hydrogen-bond donors (Lipinski definition) is 1. The molecule has 6 nitrogen and oxygen atoms in total. The summed E-state index contributed by atoms with van der Waals surface area (Å²) in [5, 5.41) is 3.09. The molecule has 0 amide bonds. The van der Waals surface area contributed by atoms with E-state index in [0.29, 0.717) is 13.1 Å². The van der Waals surface area contributed by atoms with E-state index in [1.54, 1.807) is 18.2 Å². The molecule has 1 N–H and O–H groups in total. The molecule has 0 saturated carbocycles. The van der Waals surface area contributed by atoms with Gasteiger partial charge < -0.3 is 15.1 Å². The quantitative estimate of drug-likeness (QED) is 0.855. The monoisotopic (exact) mass is 400 g/mol. The molecule has 28 heavy (non-hydrogen) atoms. The van der Waals surface area contributed by atoms with Crippen molar-refractivity contribution in [2.75, 3.05) is 54.4 Å². The zero-order chi connectivity index (χ0) is 19.7. The van der Waals surface area contributed by atoms with Gasteiger partial charge in [0.1, 0.15) is 0 Å². The average Bonchev–Trinajstić information content (AvgIpc) is 2.73. The molecule has 150 valence electrons. The Morgan fingerprint density at radius 3 is 2.18 bits per heavy atom. The summed E-state index contributed by atoms with van der Waals surface area (Å²) in [5.74, 6) is 0. The van der Waals surface area contributed by atoms with Crippen LogP contribution in [0.3, 0.4) is 0 Å². The average molecular weight is 401 g/mol. The van der Waals surface area contributed by atoms with Crippen LogP contribution in [0.4, 0.5) is 22.7 Å². The van der Waals surface area contributed by atoms with Gasteiger partial charge in [-0.2, -0.15) is 4.31 Å². The predicted molar refractivity (Wildman–Crippen MR) is 116 cm³/mol. The number of anilines is 4.